The van der Waals surface area contributed by atoms with Gasteiger partial charge < -0.3 is 5.73 Å². The molecule has 2 N–H and O–H groups in total. The van der Waals surface area contributed by atoms with Gasteiger partial charge in [0.25, 0.3) is 0 Å². The predicted molar refractivity (Wildman–Crippen MR) is 57.4 cm³/mol. The van der Waals surface area contributed by atoms with Gasteiger partial charge >= 0.3 is 0 Å². The van der Waals surface area contributed by atoms with E-state index in [1.54, 1.807) is 0 Å². The van der Waals surface area contributed by atoms with Crippen LogP contribution in [0.2, 0.25) is 0 Å². The number of halogens is 2. The maximum absolute atomic E-state index is 5.67. The second-order valence-electron chi connectivity index (χ2n) is 3.33. The molecule has 0 aliphatic heterocycles. The minimum atomic E-state index is 0. The van der Waals surface area contributed by atoms with E-state index in [1.807, 2.05) is 23.1 Å². The highest BCUT2D eigenvalue weighted by atomic mass is 35.5. The van der Waals surface area contributed by atoms with Crippen molar-refractivity contribution >= 4 is 24.8 Å². The van der Waals surface area contributed by atoms with Crippen molar-refractivity contribution in [2.75, 3.05) is 0 Å². The Hall–Kier alpha value is -0.250. The van der Waals surface area contributed by atoms with Crippen molar-refractivity contribution in [2.24, 2.45) is 11.7 Å². The van der Waals surface area contributed by atoms with Gasteiger partial charge in [0.1, 0.15) is 0 Å². The monoisotopic (exact) mass is 223 g/mol. The third-order valence-electron chi connectivity index (χ3n) is 2.28. The Kier molecular flexibility index (Phi) is 5.37. The molecule has 1 heterocycles. The first-order chi connectivity index (χ1) is 5.34. The Bertz CT molecular complexity index is 219. The van der Waals surface area contributed by atoms with Gasteiger partial charge in [-0.1, -0.05) is 0 Å². The summed E-state index contributed by atoms with van der Waals surface area (Å²) in [5, 5.41) is 4.14. The zero-order chi connectivity index (χ0) is 7.68. The highest BCUT2D eigenvalue weighted by Gasteiger charge is 2.25. The summed E-state index contributed by atoms with van der Waals surface area (Å²) >= 11 is 0. The molecule has 76 valence electrons. The van der Waals surface area contributed by atoms with Gasteiger partial charge in [0.15, 0.2) is 0 Å². The lowest BCUT2D eigenvalue weighted by molar-refractivity contribution is 0.227. The van der Waals surface area contributed by atoms with Crippen LogP contribution < -0.4 is 5.73 Å². The first kappa shape index (κ1) is 12.8. The van der Waals surface area contributed by atoms with E-state index in [4.69, 9.17) is 5.73 Å². The number of hydrogen-bond donors (Lipinski definition) is 1. The fourth-order valence-corrected chi connectivity index (χ4v) is 1.61. The lowest BCUT2D eigenvalue weighted by Gasteiger charge is -2.32. The van der Waals surface area contributed by atoms with Crippen molar-refractivity contribution in [3.8, 4) is 0 Å². The molecule has 13 heavy (non-hydrogen) atoms. The largest absolute Gasteiger partial charge is 0.328 e. The predicted octanol–water partition coefficient (Wildman–Crippen LogP) is 1.46. The maximum Gasteiger partial charge on any atom is 0.0489 e. The average molecular weight is 224 g/mol. The van der Waals surface area contributed by atoms with Gasteiger partial charge in [-0.2, -0.15) is 5.10 Å². The zero-order valence-corrected chi connectivity index (χ0v) is 8.93. The lowest BCUT2D eigenvalue weighted by atomic mass is 9.81. The van der Waals surface area contributed by atoms with Crippen LogP contribution in [0.25, 0.3) is 0 Å². The van der Waals surface area contributed by atoms with Crippen LogP contribution in [0.5, 0.6) is 0 Å². The Labute approximate surface area is 90.5 Å². The molecule has 0 bridgehead atoms. The third kappa shape index (κ3) is 3.18. The zero-order valence-electron chi connectivity index (χ0n) is 7.30. The summed E-state index contributed by atoms with van der Waals surface area (Å²) < 4.78 is 1.98. The van der Waals surface area contributed by atoms with Gasteiger partial charge in [-0.05, 0) is 24.8 Å². The molecular weight excluding hydrogens is 209 g/mol. The van der Waals surface area contributed by atoms with E-state index < -0.39 is 0 Å². The van der Waals surface area contributed by atoms with E-state index >= 15 is 0 Å². The van der Waals surface area contributed by atoms with E-state index in [-0.39, 0.29) is 24.8 Å². The van der Waals surface area contributed by atoms with Gasteiger partial charge in [0.05, 0.1) is 0 Å². The molecule has 1 aromatic rings. The fraction of sp³-hybridized carbons (Fsp3) is 0.625. The molecule has 0 spiro atoms. The van der Waals surface area contributed by atoms with Crippen LogP contribution in [-0.2, 0) is 6.54 Å². The van der Waals surface area contributed by atoms with Crippen molar-refractivity contribution in [1.82, 2.24) is 9.78 Å². The van der Waals surface area contributed by atoms with Crippen molar-refractivity contribution in [3.63, 3.8) is 0 Å². The summed E-state index contributed by atoms with van der Waals surface area (Å²) in [5.41, 5.74) is 5.67. The van der Waals surface area contributed by atoms with E-state index in [0.717, 1.165) is 12.5 Å². The maximum atomic E-state index is 5.67. The second kappa shape index (κ2) is 5.47. The van der Waals surface area contributed by atoms with Gasteiger partial charge in [-0.15, -0.1) is 24.8 Å². The standard InChI is InChI=1S/C8H13N3.2ClH/c9-8-4-7(5-8)6-11-3-1-2-10-11;;/h1-3,7-8H,4-6,9H2;2*1H. The summed E-state index contributed by atoms with van der Waals surface area (Å²) in [5.74, 6) is 0.768. The van der Waals surface area contributed by atoms with E-state index in [2.05, 4.69) is 5.10 Å². The Morgan fingerprint density at radius 2 is 2.08 bits per heavy atom. The number of hydrogen-bond acceptors (Lipinski definition) is 2. The summed E-state index contributed by atoms with van der Waals surface area (Å²) in [7, 11) is 0. The van der Waals surface area contributed by atoms with Gasteiger partial charge in [-0.25, -0.2) is 0 Å². The third-order valence-corrected chi connectivity index (χ3v) is 2.28. The Balaban J connectivity index is 0.000000720. The molecule has 1 aliphatic rings. The van der Waals surface area contributed by atoms with Crippen molar-refractivity contribution in [2.45, 2.75) is 25.4 Å². The molecule has 0 aromatic carbocycles. The molecule has 0 atom stereocenters. The molecule has 0 unspecified atom stereocenters. The summed E-state index contributed by atoms with van der Waals surface area (Å²) in [6.07, 6.45) is 6.15. The first-order valence-electron chi connectivity index (χ1n) is 4.07. The van der Waals surface area contributed by atoms with Crippen LogP contribution in [0.15, 0.2) is 18.5 Å². The minimum absolute atomic E-state index is 0. The molecule has 0 radical (unpaired) electrons. The molecule has 1 aliphatic carbocycles. The molecule has 3 nitrogen and oxygen atoms in total. The number of aromatic nitrogens is 2. The van der Waals surface area contributed by atoms with Crippen LogP contribution in [0, 0.1) is 5.92 Å². The van der Waals surface area contributed by atoms with Crippen LogP contribution in [0.4, 0.5) is 0 Å². The first-order valence-corrected chi connectivity index (χ1v) is 4.07. The SMILES string of the molecule is Cl.Cl.NC1CC(Cn2cccn2)C1. The lowest BCUT2D eigenvalue weighted by Crippen LogP contribution is -2.38. The molecule has 0 amide bonds. The average Bonchev–Trinajstić information content (AvgIpc) is 2.36. The van der Waals surface area contributed by atoms with Gasteiger partial charge in [0.2, 0.25) is 0 Å². The van der Waals surface area contributed by atoms with E-state index in [9.17, 15) is 0 Å². The van der Waals surface area contributed by atoms with Crippen molar-refractivity contribution in [3.05, 3.63) is 18.5 Å². The minimum Gasteiger partial charge on any atom is -0.328 e. The molecule has 1 saturated carbocycles. The van der Waals surface area contributed by atoms with E-state index in [1.165, 1.54) is 12.8 Å². The van der Waals surface area contributed by atoms with Crippen molar-refractivity contribution < 1.29 is 0 Å². The summed E-state index contributed by atoms with van der Waals surface area (Å²) in [6.45, 7) is 1.04. The molecule has 1 fully saturated rings. The van der Waals surface area contributed by atoms with Crippen LogP contribution in [0.1, 0.15) is 12.8 Å². The summed E-state index contributed by atoms with van der Waals surface area (Å²) in [4.78, 5) is 0. The molecule has 2 rings (SSSR count). The number of nitrogens with two attached hydrogens (primary N) is 1. The normalized spacial score (nSPS) is 25.3. The quantitative estimate of drug-likeness (QED) is 0.826. The van der Waals surface area contributed by atoms with Crippen LogP contribution in [-0.4, -0.2) is 15.8 Å². The number of rotatable bonds is 2. The summed E-state index contributed by atoms with van der Waals surface area (Å²) in [6, 6.07) is 2.41. The Morgan fingerprint density at radius 1 is 1.38 bits per heavy atom. The highest BCUT2D eigenvalue weighted by molar-refractivity contribution is 5.85. The van der Waals surface area contributed by atoms with Gasteiger partial charge in [0, 0.05) is 25.0 Å². The molecule has 1 aromatic heterocycles. The second-order valence-corrected chi connectivity index (χ2v) is 3.33. The number of nitrogens with zero attached hydrogens (tertiary/aromatic N) is 2. The molecule has 0 saturated heterocycles. The fourth-order valence-electron chi connectivity index (χ4n) is 1.61. The smallest absolute Gasteiger partial charge is 0.0489 e. The highest BCUT2D eigenvalue weighted by Crippen LogP contribution is 2.26. The topological polar surface area (TPSA) is 43.8 Å². The van der Waals surface area contributed by atoms with Gasteiger partial charge in [-0.3, -0.25) is 4.68 Å². The van der Waals surface area contributed by atoms with Crippen molar-refractivity contribution in [1.29, 1.82) is 0 Å². The van der Waals surface area contributed by atoms with Crippen LogP contribution in [0.3, 0.4) is 0 Å². The molecular formula is C8H15Cl2N3. The Morgan fingerprint density at radius 3 is 2.54 bits per heavy atom. The molecule has 5 heteroatoms. The van der Waals surface area contributed by atoms with Crippen LogP contribution >= 0.6 is 24.8 Å². The van der Waals surface area contributed by atoms with E-state index in [0.29, 0.717) is 6.04 Å².